The van der Waals surface area contributed by atoms with Crippen molar-refractivity contribution in [2.24, 2.45) is 5.92 Å². The number of halogens is 1. The molecule has 7 heteroatoms. The van der Waals surface area contributed by atoms with Crippen LogP contribution in [0.4, 0.5) is 0 Å². The Balaban J connectivity index is 1.98. The zero-order valence-corrected chi connectivity index (χ0v) is 14.4. The van der Waals surface area contributed by atoms with Crippen LogP contribution in [0.2, 0.25) is 0 Å². The molecule has 0 radical (unpaired) electrons. The molecular formula is C14H20BrNO4S. The zero-order chi connectivity index (χ0) is 15.5. The molecule has 1 aliphatic carbocycles. The topological polar surface area (TPSA) is 66.8 Å². The van der Waals surface area contributed by atoms with Crippen molar-refractivity contribution in [2.45, 2.75) is 24.3 Å². The van der Waals surface area contributed by atoms with Gasteiger partial charge in [0.2, 0.25) is 10.0 Å². The van der Waals surface area contributed by atoms with Crippen molar-refractivity contribution in [3.63, 3.8) is 0 Å². The maximum Gasteiger partial charge on any atom is 0.244 e. The van der Waals surface area contributed by atoms with Crippen molar-refractivity contribution in [1.82, 2.24) is 4.31 Å². The number of aliphatic hydroxyl groups excluding tert-OH is 1. The van der Waals surface area contributed by atoms with Crippen LogP contribution < -0.4 is 0 Å². The molecule has 0 saturated heterocycles. The van der Waals surface area contributed by atoms with E-state index >= 15 is 0 Å². The Morgan fingerprint density at radius 1 is 1.43 bits per heavy atom. The van der Waals surface area contributed by atoms with Crippen molar-refractivity contribution < 1.29 is 18.3 Å². The first-order chi connectivity index (χ1) is 9.95. The Morgan fingerprint density at radius 2 is 2.14 bits per heavy atom. The molecule has 2 rings (SSSR count). The van der Waals surface area contributed by atoms with E-state index in [0.29, 0.717) is 29.1 Å². The van der Waals surface area contributed by atoms with Gasteiger partial charge in [-0.05, 0) is 52.4 Å². The summed E-state index contributed by atoms with van der Waals surface area (Å²) in [7, 11) is -2.01. The highest BCUT2D eigenvalue weighted by atomic mass is 79.9. The second kappa shape index (κ2) is 7.19. The molecule has 1 N–H and O–H groups in total. The van der Waals surface area contributed by atoms with E-state index in [1.54, 1.807) is 19.2 Å². The quantitative estimate of drug-likeness (QED) is 0.703. The molecule has 118 valence electrons. The second-order valence-corrected chi connectivity index (χ2v) is 8.14. The van der Waals surface area contributed by atoms with Crippen LogP contribution in [0.3, 0.4) is 0 Å². The van der Waals surface area contributed by atoms with Gasteiger partial charge < -0.3 is 9.84 Å². The van der Waals surface area contributed by atoms with E-state index in [2.05, 4.69) is 15.9 Å². The molecule has 1 fully saturated rings. The van der Waals surface area contributed by atoms with Crippen LogP contribution in [0, 0.1) is 5.92 Å². The van der Waals surface area contributed by atoms with Crippen molar-refractivity contribution in [3.8, 4) is 0 Å². The number of sulfonamides is 1. The number of benzene rings is 1. The fourth-order valence-corrected chi connectivity index (χ4v) is 4.10. The first kappa shape index (κ1) is 16.9. The predicted octanol–water partition coefficient (Wildman–Crippen LogP) is 1.99. The summed E-state index contributed by atoms with van der Waals surface area (Å²) >= 11 is 3.25. The molecule has 1 saturated carbocycles. The first-order valence-electron chi connectivity index (χ1n) is 6.88. The predicted molar refractivity (Wildman–Crippen MR) is 83.4 cm³/mol. The van der Waals surface area contributed by atoms with E-state index in [9.17, 15) is 8.42 Å². The summed E-state index contributed by atoms with van der Waals surface area (Å²) in [6, 6.07) is 4.73. The third kappa shape index (κ3) is 4.50. The highest BCUT2D eigenvalue weighted by molar-refractivity contribution is 9.10. The summed E-state index contributed by atoms with van der Waals surface area (Å²) in [6.45, 7) is 1.33. The molecule has 0 bridgehead atoms. The molecule has 0 unspecified atom stereocenters. The third-order valence-corrected chi connectivity index (χ3v) is 6.30. The van der Waals surface area contributed by atoms with Gasteiger partial charge in [0.25, 0.3) is 0 Å². The van der Waals surface area contributed by atoms with Crippen molar-refractivity contribution in [1.29, 1.82) is 0 Å². The Hall–Kier alpha value is -0.470. The van der Waals surface area contributed by atoms with Gasteiger partial charge in [-0.25, -0.2) is 8.42 Å². The molecule has 1 aromatic rings. The van der Waals surface area contributed by atoms with Crippen LogP contribution in [0.25, 0.3) is 0 Å². The minimum Gasteiger partial charge on any atom is -0.392 e. The van der Waals surface area contributed by atoms with Crippen LogP contribution in [0.5, 0.6) is 0 Å². The summed E-state index contributed by atoms with van der Waals surface area (Å²) in [5.41, 5.74) is 0.663. The lowest BCUT2D eigenvalue weighted by molar-refractivity contribution is 0.117. The number of nitrogens with zero attached hydrogens (tertiary/aromatic N) is 1. The molecule has 0 aromatic heterocycles. The number of hydrogen-bond acceptors (Lipinski definition) is 4. The van der Waals surface area contributed by atoms with Gasteiger partial charge in [-0.3, -0.25) is 0 Å². The van der Waals surface area contributed by atoms with Gasteiger partial charge in [-0.15, -0.1) is 0 Å². The minimum atomic E-state index is -3.55. The summed E-state index contributed by atoms with van der Waals surface area (Å²) in [6.07, 6.45) is 2.44. The van der Waals surface area contributed by atoms with Crippen LogP contribution in [0.15, 0.2) is 27.6 Å². The Labute approximate surface area is 134 Å². The summed E-state index contributed by atoms with van der Waals surface area (Å²) in [5, 5.41) is 9.06. The molecule has 0 spiro atoms. The zero-order valence-electron chi connectivity index (χ0n) is 12.0. The standard InChI is InChI=1S/C14H20BrNO4S/c1-16(6-7-20-10-11-2-3-11)21(18,19)14-5-4-12(9-17)8-13(14)15/h4-5,8,11,17H,2-3,6-7,9-10H2,1H3. The van der Waals surface area contributed by atoms with Gasteiger partial charge in [-0.1, -0.05) is 6.07 Å². The second-order valence-electron chi connectivity index (χ2n) is 5.27. The molecule has 21 heavy (non-hydrogen) atoms. The van der Waals surface area contributed by atoms with Gasteiger partial charge in [0, 0.05) is 24.7 Å². The number of rotatable bonds is 8. The van der Waals surface area contributed by atoms with Crippen LogP contribution in [-0.4, -0.2) is 44.6 Å². The lowest BCUT2D eigenvalue weighted by Crippen LogP contribution is -2.30. The van der Waals surface area contributed by atoms with Gasteiger partial charge in [-0.2, -0.15) is 4.31 Å². The highest BCUT2D eigenvalue weighted by Gasteiger charge is 2.24. The molecule has 0 heterocycles. The summed E-state index contributed by atoms with van der Waals surface area (Å²) in [5.74, 6) is 0.673. The van der Waals surface area contributed by atoms with Gasteiger partial charge in [0.1, 0.15) is 0 Å². The largest absolute Gasteiger partial charge is 0.392 e. The maximum absolute atomic E-state index is 12.5. The molecule has 1 aliphatic rings. The SMILES string of the molecule is CN(CCOCC1CC1)S(=O)(=O)c1ccc(CO)cc1Br. The van der Waals surface area contributed by atoms with Crippen molar-refractivity contribution in [3.05, 3.63) is 28.2 Å². The lowest BCUT2D eigenvalue weighted by atomic mass is 10.2. The highest BCUT2D eigenvalue weighted by Crippen LogP contribution is 2.29. The average molecular weight is 378 g/mol. The minimum absolute atomic E-state index is 0.121. The van der Waals surface area contributed by atoms with Crippen LogP contribution in [-0.2, 0) is 21.4 Å². The van der Waals surface area contributed by atoms with E-state index in [1.165, 1.54) is 23.2 Å². The fraction of sp³-hybridized carbons (Fsp3) is 0.571. The smallest absolute Gasteiger partial charge is 0.244 e. The van der Waals surface area contributed by atoms with E-state index in [4.69, 9.17) is 9.84 Å². The fourth-order valence-electron chi connectivity index (χ4n) is 1.87. The van der Waals surface area contributed by atoms with E-state index in [0.717, 1.165) is 6.61 Å². The molecule has 0 amide bonds. The average Bonchev–Trinajstić information content (AvgIpc) is 3.26. The van der Waals surface area contributed by atoms with E-state index in [-0.39, 0.29) is 11.5 Å². The Morgan fingerprint density at radius 3 is 2.71 bits per heavy atom. The Bertz CT molecular complexity index is 587. The van der Waals surface area contributed by atoms with E-state index in [1.807, 2.05) is 0 Å². The summed E-state index contributed by atoms with van der Waals surface area (Å²) in [4.78, 5) is 0.199. The monoisotopic (exact) mass is 377 g/mol. The van der Waals surface area contributed by atoms with Gasteiger partial charge in [0.05, 0.1) is 18.1 Å². The summed E-state index contributed by atoms with van der Waals surface area (Å²) < 4.78 is 32.2. The van der Waals surface area contributed by atoms with Gasteiger partial charge in [0.15, 0.2) is 0 Å². The van der Waals surface area contributed by atoms with Gasteiger partial charge >= 0.3 is 0 Å². The van der Waals surface area contributed by atoms with Crippen molar-refractivity contribution >= 4 is 26.0 Å². The first-order valence-corrected chi connectivity index (χ1v) is 9.12. The lowest BCUT2D eigenvalue weighted by Gasteiger charge is -2.18. The Kier molecular flexibility index (Phi) is 5.79. The number of hydrogen-bond donors (Lipinski definition) is 1. The molecular weight excluding hydrogens is 358 g/mol. The maximum atomic E-state index is 12.5. The third-order valence-electron chi connectivity index (χ3n) is 3.47. The number of likely N-dealkylation sites (N-methyl/N-ethyl adjacent to an activating group) is 1. The normalized spacial score (nSPS) is 15.6. The number of ether oxygens (including phenoxy) is 1. The van der Waals surface area contributed by atoms with E-state index < -0.39 is 10.0 Å². The molecule has 0 atom stereocenters. The van der Waals surface area contributed by atoms with Crippen molar-refractivity contribution in [2.75, 3.05) is 26.8 Å². The van der Waals surface area contributed by atoms with Crippen LogP contribution in [0.1, 0.15) is 18.4 Å². The molecule has 1 aromatic carbocycles. The molecule has 0 aliphatic heterocycles. The number of aliphatic hydroxyl groups is 1. The van der Waals surface area contributed by atoms with Crippen LogP contribution >= 0.6 is 15.9 Å². The molecule has 5 nitrogen and oxygen atoms in total.